The Morgan fingerprint density at radius 3 is 2.67 bits per heavy atom. The Bertz CT molecular complexity index is 804. The number of aryl methyl sites for hydroxylation is 1. The van der Waals surface area contributed by atoms with Crippen LogP contribution in [0.25, 0.3) is 0 Å². The highest BCUT2D eigenvalue weighted by atomic mass is 79.9. The van der Waals surface area contributed by atoms with Crippen LogP contribution in [0.15, 0.2) is 46.0 Å². The van der Waals surface area contributed by atoms with E-state index in [4.69, 9.17) is 0 Å². The summed E-state index contributed by atoms with van der Waals surface area (Å²) in [7, 11) is 0. The smallest absolute Gasteiger partial charge is 0.270 e. The molecule has 2 aromatic carbocycles. The molecule has 8 heteroatoms. The Morgan fingerprint density at radius 1 is 1.38 bits per heavy atom. The zero-order chi connectivity index (χ0) is 17.7. The number of halogens is 1. The molecule has 2 N–H and O–H groups in total. The number of nitrogens with zero attached hydrogens (tertiary/aromatic N) is 2. The van der Waals surface area contributed by atoms with Gasteiger partial charge in [-0.15, -0.1) is 0 Å². The lowest BCUT2D eigenvalue weighted by atomic mass is 10.1. The number of carbonyl (C=O) groups excluding carboxylic acids is 1. The van der Waals surface area contributed by atoms with Crippen molar-refractivity contribution in [3.63, 3.8) is 0 Å². The second-order valence-corrected chi connectivity index (χ2v) is 5.97. The number of phenolic OH excluding ortho intramolecular Hbond substituents is 1. The summed E-state index contributed by atoms with van der Waals surface area (Å²) >= 11 is 3.31. The van der Waals surface area contributed by atoms with Gasteiger partial charge in [-0.05, 0) is 30.2 Å². The summed E-state index contributed by atoms with van der Waals surface area (Å²) in [4.78, 5) is 22.1. The van der Waals surface area contributed by atoms with Crippen molar-refractivity contribution in [2.75, 3.05) is 0 Å². The van der Waals surface area contributed by atoms with Gasteiger partial charge in [-0.1, -0.05) is 28.1 Å². The van der Waals surface area contributed by atoms with E-state index in [0.29, 0.717) is 5.56 Å². The number of amides is 1. The van der Waals surface area contributed by atoms with E-state index in [-0.39, 0.29) is 29.3 Å². The quantitative estimate of drug-likeness (QED) is 0.464. The zero-order valence-corrected chi connectivity index (χ0v) is 14.3. The van der Waals surface area contributed by atoms with Crippen LogP contribution in [-0.2, 0) is 11.2 Å². The Balaban J connectivity index is 2.04. The van der Waals surface area contributed by atoms with Crippen LogP contribution in [0.5, 0.6) is 5.75 Å². The number of nitrogens with one attached hydrogen (secondary N) is 1. The van der Waals surface area contributed by atoms with Gasteiger partial charge in [0.25, 0.3) is 5.69 Å². The molecule has 2 aromatic rings. The van der Waals surface area contributed by atoms with Crippen LogP contribution in [-0.4, -0.2) is 22.2 Å². The number of nitro groups is 1. The normalized spacial score (nSPS) is 10.8. The molecule has 0 heterocycles. The molecule has 0 unspecified atom stereocenters. The van der Waals surface area contributed by atoms with Crippen molar-refractivity contribution in [1.82, 2.24) is 5.43 Å². The van der Waals surface area contributed by atoms with Gasteiger partial charge in [0.1, 0.15) is 5.75 Å². The predicted molar refractivity (Wildman–Crippen MR) is 93.1 cm³/mol. The number of aromatic hydroxyl groups is 1. The number of benzene rings is 2. The molecule has 0 radical (unpaired) electrons. The summed E-state index contributed by atoms with van der Waals surface area (Å²) in [5.41, 5.74) is 3.50. The molecule has 0 fully saturated rings. The van der Waals surface area contributed by atoms with Gasteiger partial charge in [-0.3, -0.25) is 14.9 Å². The van der Waals surface area contributed by atoms with Crippen molar-refractivity contribution in [2.45, 2.75) is 13.3 Å². The maximum Gasteiger partial charge on any atom is 0.270 e. The molecule has 0 saturated heterocycles. The summed E-state index contributed by atoms with van der Waals surface area (Å²) in [6, 6.07) is 9.73. The lowest BCUT2D eigenvalue weighted by Crippen LogP contribution is -2.19. The molecule has 24 heavy (non-hydrogen) atoms. The van der Waals surface area contributed by atoms with Gasteiger partial charge >= 0.3 is 0 Å². The molecule has 2 rings (SSSR count). The minimum absolute atomic E-state index is 0.119. The molecule has 124 valence electrons. The molecule has 0 spiro atoms. The summed E-state index contributed by atoms with van der Waals surface area (Å²) in [6.07, 6.45) is 1.32. The van der Waals surface area contributed by atoms with Crippen LogP contribution in [0.2, 0.25) is 0 Å². The third kappa shape index (κ3) is 4.63. The van der Waals surface area contributed by atoms with Crippen LogP contribution < -0.4 is 5.43 Å². The summed E-state index contributed by atoms with van der Waals surface area (Å²) in [6.45, 7) is 1.55. The third-order valence-corrected chi connectivity index (χ3v) is 3.73. The fourth-order valence-corrected chi connectivity index (χ4v) is 2.26. The Morgan fingerprint density at radius 2 is 2.04 bits per heavy atom. The number of non-ortho nitro benzene ring substituents is 1. The van der Waals surface area contributed by atoms with E-state index in [9.17, 15) is 20.0 Å². The Hall–Kier alpha value is -2.74. The fraction of sp³-hybridized carbons (Fsp3) is 0.125. The summed E-state index contributed by atoms with van der Waals surface area (Å²) < 4.78 is 0.918. The molecule has 1 amide bonds. The average Bonchev–Trinajstić information content (AvgIpc) is 2.53. The summed E-state index contributed by atoms with van der Waals surface area (Å²) in [5.74, 6) is -0.457. The number of hydrogen-bond acceptors (Lipinski definition) is 5. The largest absolute Gasteiger partial charge is 0.507 e. The Kier molecular flexibility index (Phi) is 5.64. The first-order chi connectivity index (χ1) is 11.4. The second kappa shape index (κ2) is 7.69. The van der Waals surface area contributed by atoms with Gasteiger partial charge in [-0.25, -0.2) is 5.43 Å². The number of rotatable bonds is 5. The van der Waals surface area contributed by atoms with Crippen molar-refractivity contribution < 1.29 is 14.8 Å². The van der Waals surface area contributed by atoms with Crippen LogP contribution in [0, 0.1) is 17.0 Å². The van der Waals surface area contributed by atoms with Gasteiger partial charge in [0.2, 0.25) is 5.91 Å². The molecule has 0 atom stereocenters. The predicted octanol–water partition coefficient (Wildman–Crippen LogP) is 3.06. The molecule has 0 saturated carbocycles. The van der Waals surface area contributed by atoms with Crippen molar-refractivity contribution in [3.05, 3.63) is 67.7 Å². The average molecular weight is 392 g/mol. The lowest BCUT2D eigenvalue weighted by molar-refractivity contribution is -0.384. The van der Waals surface area contributed by atoms with E-state index < -0.39 is 4.92 Å². The van der Waals surface area contributed by atoms with Crippen LogP contribution in [0.1, 0.15) is 16.7 Å². The minimum atomic E-state index is -0.560. The highest BCUT2D eigenvalue weighted by molar-refractivity contribution is 9.10. The number of phenols is 1. The van der Waals surface area contributed by atoms with Gasteiger partial charge < -0.3 is 5.11 Å². The second-order valence-electron chi connectivity index (χ2n) is 5.05. The van der Waals surface area contributed by atoms with E-state index in [1.54, 1.807) is 6.92 Å². The number of hydrogen-bond donors (Lipinski definition) is 2. The summed E-state index contributed by atoms with van der Waals surface area (Å²) in [5, 5.41) is 24.5. The first-order valence-electron chi connectivity index (χ1n) is 6.91. The molecule has 0 aliphatic heterocycles. The highest BCUT2D eigenvalue weighted by Crippen LogP contribution is 2.26. The first-order valence-corrected chi connectivity index (χ1v) is 7.70. The molecule has 0 aliphatic rings. The molecule has 0 aliphatic carbocycles. The molecular formula is C16H14BrN3O4. The van der Waals surface area contributed by atoms with Crippen LogP contribution in [0.4, 0.5) is 5.69 Å². The van der Waals surface area contributed by atoms with Crippen LogP contribution in [0.3, 0.4) is 0 Å². The van der Waals surface area contributed by atoms with Crippen molar-refractivity contribution in [1.29, 1.82) is 0 Å². The number of hydrazone groups is 1. The van der Waals surface area contributed by atoms with Crippen molar-refractivity contribution in [3.8, 4) is 5.75 Å². The number of carbonyl (C=O) groups is 1. The number of nitro benzene ring substituents is 1. The first kappa shape index (κ1) is 17.6. The SMILES string of the molecule is Cc1cc([N+](=O)[O-])cc(C=NNC(=O)Cc2ccc(Br)cc2)c1O. The molecular weight excluding hydrogens is 378 g/mol. The van der Waals surface area contributed by atoms with Crippen LogP contribution >= 0.6 is 15.9 Å². The third-order valence-electron chi connectivity index (χ3n) is 3.20. The monoisotopic (exact) mass is 391 g/mol. The molecule has 7 nitrogen and oxygen atoms in total. The van der Waals surface area contributed by atoms with E-state index in [1.165, 1.54) is 18.3 Å². The van der Waals surface area contributed by atoms with Gasteiger partial charge in [-0.2, -0.15) is 5.10 Å². The fourth-order valence-electron chi connectivity index (χ4n) is 1.99. The molecule has 0 aromatic heterocycles. The standard InChI is InChI=1S/C16H14BrN3O4/c1-10-6-14(20(23)24)8-12(16(10)22)9-18-19-15(21)7-11-2-4-13(17)5-3-11/h2-6,8-9,22H,7H2,1H3,(H,19,21). The zero-order valence-electron chi connectivity index (χ0n) is 12.7. The van der Waals surface area contributed by atoms with Gasteiger partial charge in [0, 0.05) is 22.2 Å². The van der Waals surface area contributed by atoms with E-state index in [0.717, 1.165) is 10.0 Å². The van der Waals surface area contributed by atoms with Crippen molar-refractivity contribution in [2.24, 2.45) is 5.10 Å². The van der Waals surface area contributed by atoms with E-state index >= 15 is 0 Å². The topological polar surface area (TPSA) is 105 Å². The minimum Gasteiger partial charge on any atom is -0.507 e. The molecule has 0 bridgehead atoms. The maximum absolute atomic E-state index is 11.8. The van der Waals surface area contributed by atoms with Gasteiger partial charge in [0.05, 0.1) is 17.6 Å². The van der Waals surface area contributed by atoms with Gasteiger partial charge in [0.15, 0.2) is 0 Å². The van der Waals surface area contributed by atoms with E-state index in [1.807, 2.05) is 24.3 Å². The van der Waals surface area contributed by atoms with E-state index in [2.05, 4.69) is 26.5 Å². The lowest BCUT2D eigenvalue weighted by Gasteiger charge is -2.04. The Labute approximate surface area is 146 Å². The van der Waals surface area contributed by atoms with Crippen molar-refractivity contribution >= 4 is 33.7 Å². The highest BCUT2D eigenvalue weighted by Gasteiger charge is 2.12. The maximum atomic E-state index is 11.8.